The van der Waals surface area contributed by atoms with E-state index in [1.165, 1.54) is 0 Å². The summed E-state index contributed by atoms with van der Waals surface area (Å²) in [4.78, 5) is 25.8. The number of hydrogen-bond donors (Lipinski definition) is 1. The summed E-state index contributed by atoms with van der Waals surface area (Å²) in [5.41, 5.74) is 0.927. The molecular weight excluding hydrogens is 302 g/mol. The highest BCUT2D eigenvalue weighted by Crippen LogP contribution is 2.34. The molecule has 1 aliphatic heterocycles. The minimum Gasteiger partial charge on any atom is -0.481 e. The number of nitrogens with zero attached hydrogens (tertiary/aromatic N) is 1. The Labute approximate surface area is 136 Å². The van der Waals surface area contributed by atoms with Crippen LogP contribution in [0.3, 0.4) is 0 Å². The Morgan fingerprint density at radius 2 is 1.82 bits per heavy atom. The van der Waals surface area contributed by atoms with Crippen molar-refractivity contribution in [3.63, 3.8) is 0 Å². The number of carbonyl (C=O) groups is 2. The lowest BCUT2D eigenvalue weighted by Gasteiger charge is -2.21. The third-order valence-electron chi connectivity index (χ3n) is 4.58. The summed E-state index contributed by atoms with van der Waals surface area (Å²) in [6.07, 6.45) is 1.57. The van der Waals surface area contributed by atoms with Crippen LogP contribution in [-0.2, 0) is 9.59 Å². The standard InChI is InChI=1S/C17H22ClNO3/c1-3-11(4-2)16(20)19-9-14(15(10-19)17(21)22)12-5-7-13(18)8-6-12/h5-8,11,14-15H,3-4,9-10H2,1-2H3,(H,21,22)/t14-,15+/m0/s1. The highest BCUT2D eigenvalue weighted by atomic mass is 35.5. The topological polar surface area (TPSA) is 57.6 Å². The fraction of sp³-hybridized carbons (Fsp3) is 0.529. The summed E-state index contributed by atoms with van der Waals surface area (Å²) < 4.78 is 0. The molecule has 120 valence electrons. The van der Waals surface area contributed by atoms with E-state index in [1.807, 2.05) is 26.0 Å². The Morgan fingerprint density at radius 1 is 1.23 bits per heavy atom. The molecule has 1 aromatic rings. The van der Waals surface area contributed by atoms with Crippen molar-refractivity contribution in [3.8, 4) is 0 Å². The van der Waals surface area contributed by atoms with Crippen molar-refractivity contribution in [2.45, 2.75) is 32.6 Å². The van der Waals surface area contributed by atoms with E-state index < -0.39 is 11.9 Å². The van der Waals surface area contributed by atoms with Gasteiger partial charge >= 0.3 is 5.97 Å². The molecule has 2 atom stereocenters. The van der Waals surface area contributed by atoms with Gasteiger partial charge in [-0.1, -0.05) is 37.6 Å². The zero-order valence-corrected chi connectivity index (χ0v) is 13.7. The van der Waals surface area contributed by atoms with E-state index in [1.54, 1.807) is 17.0 Å². The number of carbonyl (C=O) groups excluding carboxylic acids is 1. The van der Waals surface area contributed by atoms with E-state index in [-0.39, 0.29) is 24.3 Å². The highest BCUT2D eigenvalue weighted by molar-refractivity contribution is 6.30. The molecule has 0 aromatic heterocycles. The predicted octanol–water partition coefficient (Wildman–Crippen LogP) is 3.40. The maximum Gasteiger partial charge on any atom is 0.308 e. The third kappa shape index (κ3) is 3.43. The Hall–Kier alpha value is -1.55. The quantitative estimate of drug-likeness (QED) is 0.903. The second kappa shape index (κ2) is 7.14. The van der Waals surface area contributed by atoms with Gasteiger partial charge in [0.2, 0.25) is 5.91 Å². The van der Waals surface area contributed by atoms with Gasteiger partial charge in [0, 0.05) is 29.9 Å². The van der Waals surface area contributed by atoms with Crippen LogP contribution in [0.2, 0.25) is 5.02 Å². The summed E-state index contributed by atoms with van der Waals surface area (Å²) >= 11 is 5.89. The average molecular weight is 324 g/mol. The fourth-order valence-corrected chi connectivity index (χ4v) is 3.30. The molecule has 1 fully saturated rings. The second-order valence-electron chi connectivity index (χ2n) is 5.86. The van der Waals surface area contributed by atoms with E-state index in [0.29, 0.717) is 11.6 Å². The molecule has 1 N–H and O–H groups in total. The molecular formula is C17H22ClNO3. The van der Waals surface area contributed by atoms with Crippen LogP contribution in [0, 0.1) is 11.8 Å². The molecule has 0 bridgehead atoms. The van der Waals surface area contributed by atoms with Crippen LogP contribution >= 0.6 is 11.6 Å². The fourth-order valence-electron chi connectivity index (χ4n) is 3.18. The monoisotopic (exact) mass is 323 g/mol. The van der Waals surface area contributed by atoms with Gasteiger partial charge in [-0.05, 0) is 30.5 Å². The molecule has 0 unspecified atom stereocenters. The first-order chi connectivity index (χ1) is 10.5. The van der Waals surface area contributed by atoms with Crippen LogP contribution < -0.4 is 0 Å². The molecule has 1 saturated heterocycles. The van der Waals surface area contributed by atoms with Gasteiger partial charge in [0.15, 0.2) is 0 Å². The number of amides is 1. The van der Waals surface area contributed by atoms with Crippen LogP contribution in [0.25, 0.3) is 0 Å². The normalized spacial score (nSPS) is 21.4. The minimum atomic E-state index is -0.847. The van der Waals surface area contributed by atoms with Crippen LogP contribution in [-0.4, -0.2) is 35.0 Å². The van der Waals surface area contributed by atoms with E-state index in [9.17, 15) is 14.7 Å². The summed E-state index contributed by atoms with van der Waals surface area (Å²) in [7, 11) is 0. The zero-order valence-electron chi connectivity index (χ0n) is 13.0. The van der Waals surface area contributed by atoms with Gasteiger partial charge in [0.25, 0.3) is 0 Å². The molecule has 22 heavy (non-hydrogen) atoms. The summed E-state index contributed by atoms with van der Waals surface area (Å²) in [5, 5.41) is 10.1. The van der Waals surface area contributed by atoms with Crippen molar-refractivity contribution in [1.29, 1.82) is 0 Å². The first-order valence-electron chi connectivity index (χ1n) is 7.74. The van der Waals surface area contributed by atoms with Gasteiger partial charge in [-0.25, -0.2) is 0 Å². The molecule has 1 amide bonds. The molecule has 5 heteroatoms. The van der Waals surface area contributed by atoms with Crippen molar-refractivity contribution in [3.05, 3.63) is 34.9 Å². The van der Waals surface area contributed by atoms with E-state index in [0.717, 1.165) is 18.4 Å². The first kappa shape index (κ1) is 16.8. The lowest BCUT2D eigenvalue weighted by Crippen LogP contribution is -2.34. The minimum absolute atomic E-state index is 0.0154. The third-order valence-corrected chi connectivity index (χ3v) is 4.83. The number of benzene rings is 1. The molecule has 0 aliphatic carbocycles. The van der Waals surface area contributed by atoms with Crippen LogP contribution in [0.1, 0.15) is 38.2 Å². The molecule has 0 radical (unpaired) electrons. The number of rotatable bonds is 5. The molecule has 0 saturated carbocycles. The van der Waals surface area contributed by atoms with E-state index in [2.05, 4.69) is 0 Å². The zero-order chi connectivity index (χ0) is 16.3. The van der Waals surface area contributed by atoms with Crippen LogP contribution in [0.5, 0.6) is 0 Å². The number of carboxylic acids is 1. The number of hydrogen-bond acceptors (Lipinski definition) is 2. The van der Waals surface area contributed by atoms with E-state index >= 15 is 0 Å². The van der Waals surface area contributed by atoms with Crippen molar-refractivity contribution < 1.29 is 14.7 Å². The van der Waals surface area contributed by atoms with Crippen molar-refractivity contribution in [1.82, 2.24) is 4.90 Å². The summed E-state index contributed by atoms with van der Waals surface area (Å²) in [5.74, 6) is -1.52. The Morgan fingerprint density at radius 3 is 2.32 bits per heavy atom. The lowest BCUT2D eigenvalue weighted by atomic mass is 9.89. The lowest BCUT2D eigenvalue weighted by molar-refractivity contribution is -0.142. The number of aliphatic carboxylic acids is 1. The van der Waals surface area contributed by atoms with E-state index in [4.69, 9.17) is 11.6 Å². The van der Waals surface area contributed by atoms with Gasteiger partial charge in [0.1, 0.15) is 0 Å². The Balaban J connectivity index is 2.21. The van der Waals surface area contributed by atoms with Gasteiger partial charge in [0.05, 0.1) is 5.92 Å². The number of likely N-dealkylation sites (tertiary alicyclic amines) is 1. The smallest absolute Gasteiger partial charge is 0.308 e. The summed E-state index contributed by atoms with van der Waals surface area (Å²) in [6, 6.07) is 7.24. The Bertz CT molecular complexity index is 539. The number of carboxylic acid groups (broad SMARTS) is 1. The van der Waals surface area contributed by atoms with Gasteiger partial charge in [-0.15, -0.1) is 0 Å². The molecule has 1 aliphatic rings. The average Bonchev–Trinajstić information content (AvgIpc) is 2.94. The molecule has 4 nitrogen and oxygen atoms in total. The highest BCUT2D eigenvalue weighted by Gasteiger charge is 2.41. The maximum atomic E-state index is 12.5. The van der Waals surface area contributed by atoms with Gasteiger partial charge < -0.3 is 10.0 Å². The van der Waals surface area contributed by atoms with Crippen molar-refractivity contribution in [2.75, 3.05) is 13.1 Å². The van der Waals surface area contributed by atoms with Gasteiger partial charge in [-0.2, -0.15) is 0 Å². The molecule has 1 heterocycles. The molecule has 1 aromatic carbocycles. The maximum absolute atomic E-state index is 12.5. The number of halogens is 1. The Kier molecular flexibility index (Phi) is 5.46. The van der Waals surface area contributed by atoms with Crippen LogP contribution in [0.15, 0.2) is 24.3 Å². The SMILES string of the molecule is CCC(CC)C(=O)N1C[C@@H](C(=O)O)[C@H](c2ccc(Cl)cc2)C1. The van der Waals surface area contributed by atoms with Crippen molar-refractivity contribution in [2.24, 2.45) is 11.8 Å². The second-order valence-corrected chi connectivity index (χ2v) is 6.30. The molecule has 2 rings (SSSR count). The first-order valence-corrected chi connectivity index (χ1v) is 8.12. The summed E-state index contributed by atoms with van der Waals surface area (Å²) in [6.45, 7) is 4.74. The van der Waals surface area contributed by atoms with Crippen molar-refractivity contribution >= 4 is 23.5 Å². The predicted molar refractivity (Wildman–Crippen MR) is 86.0 cm³/mol. The van der Waals surface area contributed by atoms with Gasteiger partial charge in [-0.3, -0.25) is 9.59 Å². The largest absolute Gasteiger partial charge is 0.481 e. The van der Waals surface area contributed by atoms with Crippen LogP contribution in [0.4, 0.5) is 0 Å². The molecule has 0 spiro atoms.